The average Bonchev–Trinajstić information content (AvgIpc) is 2.62. The summed E-state index contributed by atoms with van der Waals surface area (Å²) in [6.45, 7) is 3.93. The largest absolute Gasteiger partial charge is 0.497 e. The molecule has 1 N–H and O–H groups in total. The first kappa shape index (κ1) is 20.7. The number of carbonyl (C=O) groups excluding carboxylic acids is 1. The monoisotopic (exact) mass is 382 g/mol. The summed E-state index contributed by atoms with van der Waals surface area (Å²) in [6, 6.07) is 6.81. The molecule has 146 valence electrons. The molecule has 2 rings (SSSR count). The molecule has 0 atom stereocenters. The molecule has 0 aromatic heterocycles. The molecule has 7 heteroatoms. The Morgan fingerprint density at radius 3 is 2.58 bits per heavy atom. The molecular weight excluding hydrogens is 352 g/mol. The van der Waals surface area contributed by atoms with Crippen molar-refractivity contribution in [2.24, 2.45) is 0 Å². The molecule has 1 aliphatic carbocycles. The molecule has 0 unspecified atom stereocenters. The van der Waals surface area contributed by atoms with Gasteiger partial charge in [-0.25, -0.2) is 8.42 Å². The van der Waals surface area contributed by atoms with Crippen LogP contribution >= 0.6 is 0 Å². The zero-order valence-electron chi connectivity index (χ0n) is 15.9. The van der Waals surface area contributed by atoms with Crippen LogP contribution in [0.5, 0.6) is 5.75 Å². The first-order chi connectivity index (χ1) is 12.3. The zero-order valence-corrected chi connectivity index (χ0v) is 16.7. The second-order valence-electron chi connectivity index (χ2n) is 7.02. The number of methoxy groups -OCH3 is 1. The maximum atomic E-state index is 12.8. The molecule has 6 nitrogen and oxygen atoms in total. The standard InChI is InChI=1S/C19H30N2O4S/c1-15(2)21(17-9-5-4-6-10-17)26(23,24)13-12-20-19(22)16-8-7-11-18(14-16)25-3/h7-8,11,14-15,17H,4-6,9-10,12-13H2,1-3H3,(H,20,22). The number of hydrogen-bond acceptors (Lipinski definition) is 4. The lowest BCUT2D eigenvalue weighted by Crippen LogP contribution is -2.48. The summed E-state index contributed by atoms with van der Waals surface area (Å²) < 4.78 is 32.5. The van der Waals surface area contributed by atoms with E-state index in [1.807, 2.05) is 13.8 Å². The molecule has 0 saturated heterocycles. The molecule has 0 bridgehead atoms. The minimum Gasteiger partial charge on any atom is -0.497 e. The van der Waals surface area contributed by atoms with Gasteiger partial charge in [-0.1, -0.05) is 25.3 Å². The van der Waals surface area contributed by atoms with Gasteiger partial charge < -0.3 is 10.1 Å². The smallest absolute Gasteiger partial charge is 0.251 e. The van der Waals surface area contributed by atoms with Crippen LogP contribution in [0.4, 0.5) is 0 Å². The average molecular weight is 383 g/mol. The Balaban J connectivity index is 1.96. The summed E-state index contributed by atoms with van der Waals surface area (Å²) in [5.41, 5.74) is 0.453. The van der Waals surface area contributed by atoms with Crippen molar-refractivity contribution < 1.29 is 17.9 Å². The fraction of sp³-hybridized carbons (Fsp3) is 0.632. The van der Waals surface area contributed by atoms with Crippen molar-refractivity contribution >= 4 is 15.9 Å². The molecular formula is C19H30N2O4S. The first-order valence-corrected chi connectivity index (χ1v) is 10.9. The molecule has 26 heavy (non-hydrogen) atoms. The highest BCUT2D eigenvalue weighted by Crippen LogP contribution is 2.26. The maximum absolute atomic E-state index is 12.8. The van der Waals surface area contributed by atoms with Crippen molar-refractivity contribution in [2.75, 3.05) is 19.4 Å². The number of ether oxygens (including phenoxy) is 1. The Morgan fingerprint density at radius 1 is 1.27 bits per heavy atom. The van der Waals surface area contributed by atoms with Gasteiger partial charge in [0, 0.05) is 24.2 Å². The predicted octanol–water partition coefficient (Wildman–Crippen LogP) is 2.80. The van der Waals surface area contributed by atoms with E-state index < -0.39 is 10.0 Å². The molecule has 1 aliphatic rings. The van der Waals surface area contributed by atoms with E-state index in [1.54, 1.807) is 28.6 Å². The highest BCUT2D eigenvalue weighted by atomic mass is 32.2. The summed E-state index contributed by atoms with van der Waals surface area (Å²) in [4.78, 5) is 12.2. The number of carbonyl (C=O) groups is 1. The number of sulfonamides is 1. The SMILES string of the molecule is COc1cccc(C(=O)NCCS(=O)(=O)N(C(C)C)C2CCCCC2)c1. The van der Waals surface area contributed by atoms with Gasteiger partial charge >= 0.3 is 0 Å². The minimum absolute atomic E-state index is 0.0720. The van der Waals surface area contributed by atoms with E-state index in [-0.39, 0.29) is 30.3 Å². The van der Waals surface area contributed by atoms with Crippen molar-refractivity contribution in [3.63, 3.8) is 0 Å². The van der Waals surface area contributed by atoms with Crippen molar-refractivity contribution in [3.05, 3.63) is 29.8 Å². The van der Waals surface area contributed by atoms with Gasteiger partial charge in [0.25, 0.3) is 5.91 Å². The van der Waals surface area contributed by atoms with Crippen LogP contribution in [0.3, 0.4) is 0 Å². The highest BCUT2D eigenvalue weighted by Gasteiger charge is 2.32. The summed E-state index contributed by atoms with van der Waals surface area (Å²) in [6.07, 6.45) is 5.19. The molecule has 1 saturated carbocycles. The molecule has 0 heterocycles. The van der Waals surface area contributed by atoms with E-state index in [9.17, 15) is 13.2 Å². The lowest BCUT2D eigenvalue weighted by Gasteiger charge is -2.36. The lowest BCUT2D eigenvalue weighted by atomic mass is 9.95. The third kappa shape index (κ3) is 5.45. The highest BCUT2D eigenvalue weighted by molar-refractivity contribution is 7.89. The van der Waals surface area contributed by atoms with Gasteiger partial charge in [-0.3, -0.25) is 4.79 Å². The number of benzene rings is 1. The second-order valence-corrected chi connectivity index (χ2v) is 9.01. The number of nitrogens with one attached hydrogen (secondary N) is 1. The van der Waals surface area contributed by atoms with Gasteiger partial charge in [-0.15, -0.1) is 0 Å². The van der Waals surface area contributed by atoms with E-state index in [0.717, 1.165) is 25.7 Å². The normalized spacial score (nSPS) is 16.0. The Bertz CT molecular complexity index is 697. The summed E-state index contributed by atoms with van der Waals surface area (Å²) in [7, 11) is -1.88. The van der Waals surface area contributed by atoms with E-state index >= 15 is 0 Å². The van der Waals surface area contributed by atoms with Gasteiger partial charge in [-0.2, -0.15) is 4.31 Å². The van der Waals surface area contributed by atoms with Crippen LogP contribution in [-0.4, -0.2) is 50.1 Å². The van der Waals surface area contributed by atoms with Gasteiger partial charge in [0.1, 0.15) is 5.75 Å². The molecule has 1 amide bonds. The van der Waals surface area contributed by atoms with Crippen molar-refractivity contribution in [1.82, 2.24) is 9.62 Å². The van der Waals surface area contributed by atoms with Crippen LogP contribution < -0.4 is 10.1 Å². The summed E-state index contributed by atoms with van der Waals surface area (Å²) in [5.74, 6) is 0.207. The van der Waals surface area contributed by atoms with Crippen molar-refractivity contribution in [3.8, 4) is 5.75 Å². The van der Waals surface area contributed by atoms with Gasteiger partial charge in [0.15, 0.2) is 0 Å². The van der Waals surface area contributed by atoms with Crippen LogP contribution in [0, 0.1) is 0 Å². The lowest BCUT2D eigenvalue weighted by molar-refractivity contribution is 0.0955. The Hall–Kier alpha value is -1.60. The topological polar surface area (TPSA) is 75.7 Å². The van der Waals surface area contributed by atoms with Crippen molar-refractivity contribution in [1.29, 1.82) is 0 Å². The quantitative estimate of drug-likeness (QED) is 0.750. The van der Waals surface area contributed by atoms with Crippen LogP contribution in [0.2, 0.25) is 0 Å². The predicted molar refractivity (Wildman–Crippen MR) is 103 cm³/mol. The Kier molecular flexibility index (Phi) is 7.46. The van der Waals surface area contributed by atoms with Crippen LogP contribution in [0.1, 0.15) is 56.3 Å². The third-order valence-electron chi connectivity index (χ3n) is 4.74. The summed E-state index contributed by atoms with van der Waals surface area (Å²) >= 11 is 0. The van der Waals surface area contributed by atoms with E-state index in [1.165, 1.54) is 13.5 Å². The second kappa shape index (κ2) is 9.37. The van der Waals surface area contributed by atoms with E-state index in [0.29, 0.717) is 11.3 Å². The number of hydrogen-bond donors (Lipinski definition) is 1. The number of nitrogens with zero attached hydrogens (tertiary/aromatic N) is 1. The molecule has 1 aromatic rings. The third-order valence-corrected chi connectivity index (χ3v) is 6.82. The minimum atomic E-state index is -3.42. The van der Waals surface area contributed by atoms with Gasteiger partial charge in [-0.05, 0) is 44.9 Å². The summed E-state index contributed by atoms with van der Waals surface area (Å²) in [5, 5.41) is 2.70. The van der Waals surface area contributed by atoms with Crippen molar-refractivity contribution in [2.45, 2.75) is 58.0 Å². The fourth-order valence-electron chi connectivity index (χ4n) is 3.57. The Morgan fingerprint density at radius 2 is 1.96 bits per heavy atom. The zero-order chi connectivity index (χ0) is 19.2. The van der Waals surface area contributed by atoms with Crippen LogP contribution in [-0.2, 0) is 10.0 Å². The van der Waals surface area contributed by atoms with E-state index in [4.69, 9.17) is 4.74 Å². The Labute approximate surface area is 157 Å². The molecule has 0 aliphatic heterocycles. The number of amides is 1. The first-order valence-electron chi connectivity index (χ1n) is 9.28. The van der Waals surface area contributed by atoms with Gasteiger partial charge in [0.2, 0.25) is 10.0 Å². The van der Waals surface area contributed by atoms with Crippen LogP contribution in [0.25, 0.3) is 0 Å². The van der Waals surface area contributed by atoms with Gasteiger partial charge in [0.05, 0.1) is 12.9 Å². The maximum Gasteiger partial charge on any atom is 0.251 e. The van der Waals surface area contributed by atoms with Crippen LogP contribution in [0.15, 0.2) is 24.3 Å². The molecule has 0 radical (unpaired) electrons. The van der Waals surface area contributed by atoms with E-state index in [2.05, 4.69) is 5.32 Å². The molecule has 1 aromatic carbocycles. The fourth-order valence-corrected chi connectivity index (χ4v) is 5.45. The molecule has 0 spiro atoms. The number of rotatable bonds is 8. The molecule has 1 fully saturated rings.